The van der Waals surface area contributed by atoms with Crippen LogP contribution in [0.1, 0.15) is 0 Å². The van der Waals surface area contributed by atoms with Crippen LogP contribution in [-0.2, 0) is 0 Å². The molecule has 0 saturated carbocycles. The molecule has 11 rings (SSSR count). The fourth-order valence-electron chi connectivity index (χ4n) is 9.43. The zero-order chi connectivity index (χ0) is 40.6. The molecule has 0 bridgehead atoms. The molecule has 0 aliphatic heterocycles. The van der Waals surface area contributed by atoms with Crippen molar-refractivity contribution in [2.24, 2.45) is 0 Å². The summed E-state index contributed by atoms with van der Waals surface area (Å²) < 4.78 is 7.21. The van der Waals surface area contributed by atoms with Gasteiger partial charge in [-0.2, -0.15) is 0 Å². The lowest BCUT2D eigenvalue weighted by atomic mass is 9.99. The molecule has 0 radical (unpaired) electrons. The summed E-state index contributed by atoms with van der Waals surface area (Å²) in [6.07, 6.45) is 0. The van der Waals surface area contributed by atoms with Crippen LogP contribution in [0.2, 0.25) is 0 Å². The molecule has 288 valence electrons. The first-order chi connectivity index (χ1) is 30.3. The monoisotopic (exact) mass is 795 g/mol. The lowest BCUT2D eigenvalue weighted by Crippen LogP contribution is -2.74. The van der Waals surface area contributed by atoms with E-state index in [0.29, 0.717) is 0 Å². The zero-order valence-electron chi connectivity index (χ0n) is 33.5. The fourth-order valence-corrected chi connectivity index (χ4v) is 14.2. The van der Waals surface area contributed by atoms with E-state index in [0.717, 1.165) is 55.5 Å². The molecule has 0 N–H and O–H groups in total. The Balaban J connectivity index is 1.17. The van der Waals surface area contributed by atoms with Crippen molar-refractivity contribution >= 4 is 78.6 Å². The molecule has 0 saturated heterocycles. The molecular formula is C58H41NOSi. The SMILES string of the molecule is c1ccc(-c2ccc(N(c3ccc([Si](c4ccccc4)(c4ccccc4)c4ccccc4)cc3)c3cc4ccccc4c4c3oc3c(-c5ccccc5)cccc34)cc2)cc1. The highest BCUT2D eigenvalue weighted by Crippen LogP contribution is 2.47. The summed E-state index contributed by atoms with van der Waals surface area (Å²) in [6, 6.07) is 90.4. The number of benzene rings is 10. The molecule has 0 atom stereocenters. The van der Waals surface area contributed by atoms with E-state index in [1.54, 1.807) is 0 Å². The number of anilines is 3. The van der Waals surface area contributed by atoms with Crippen LogP contribution in [0.25, 0.3) is 55.0 Å². The van der Waals surface area contributed by atoms with Crippen molar-refractivity contribution in [3.63, 3.8) is 0 Å². The van der Waals surface area contributed by atoms with Crippen LogP contribution >= 0.6 is 0 Å². The highest BCUT2D eigenvalue weighted by Gasteiger charge is 2.41. The van der Waals surface area contributed by atoms with Gasteiger partial charge in [0.05, 0.1) is 5.69 Å². The van der Waals surface area contributed by atoms with E-state index in [1.807, 2.05) is 0 Å². The van der Waals surface area contributed by atoms with Crippen molar-refractivity contribution in [1.29, 1.82) is 0 Å². The molecule has 0 aliphatic carbocycles. The van der Waals surface area contributed by atoms with Crippen molar-refractivity contribution in [3.05, 3.63) is 249 Å². The molecule has 61 heavy (non-hydrogen) atoms. The van der Waals surface area contributed by atoms with E-state index in [1.165, 1.54) is 37.3 Å². The number of nitrogens with zero attached hydrogens (tertiary/aromatic N) is 1. The van der Waals surface area contributed by atoms with Crippen LogP contribution < -0.4 is 25.6 Å². The lowest BCUT2D eigenvalue weighted by Gasteiger charge is -2.35. The summed E-state index contributed by atoms with van der Waals surface area (Å²) in [7, 11) is -2.74. The van der Waals surface area contributed by atoms with Gasteiger partial charge in [-0.05, 0) is 78.5 Å². The smallest absolute Gasteiger partial charge is 0.179 e. The Labute approximate surface area is 357 Å². The van der Waals surface area contributed by atoms with Gasteiger partial charge in [0, 0.05) is 27.7 Å². The second kappa shape index (κ2) is 15.5. The lowest BCUT2D eigenvalue weighted by molar-refractivity contribution is 0.670. The van der Waals surface area contributed by atoms with Gasteiger partial charge in [0.15, 0.2) is 13.7 Å². The van der Waals surface area contributed by atoms with Crippen molar-refractivity contribution in [3.8, 4) is 22.3 Å². The standard InChI is InChI=1S/C58H41NOSi/c1-6-19-42(20-7-1)43-33-35-46(36-34-43)59(55-41-45-23-16-17-30-52(45)56-54-32-18-31-53(57(54)60-58(55)56)44-21-8-2-9-22-44)47-37-39-51(40-38-47)61(48-24-10-3-11-25-48,49-26-12-4-13-27-49)50-28-14-5-15-29-50/h1-41H. The van der Waals surface area contributed by atoms with Crippen LogP contribution in [0.3, 0.4) is 0 Å². The maximum Gasteiger partial charge on any atom is 0.179 e. The summed E-state index contributed by atoms with van der Waals surface area (Å²) in [6.45, 7) is 0. The van der Waals surface area contributed by atoms with Crippen LogP contribution in [0.4, 0.5) is 17.1 Å². The molecule has 0 fully saturated rings. The molecule has 11 aromatic rings. The molecule has 3 heteroatoms. The molecule has 1 aromatic heterocycles. The third-order valence-electron chi connectivity index (χ3n) is 12.2. The maximum absolute atomic E-state index is 7.21. The van der Waals surface area contributed by atoms with Crippen LogP contribution in [0, 0.1) is 0 Å². The minimum atomic E-state index is -2.74. The molecule has 1 heterocycles. The van der Waals surface area contributed by atoms with Crippen LogP contribution in [0.15, 0.2) is 253 Å². The van der Waals surface area contributed by atoms with Crippen molar-refractivity contribution < 1.29 is 4.42 Å². The fraction of sp³-hybridized carbons (Fsp3) is 0. The van der Waals surface area contributed by atoms with Gasteiger partial charge < -0.3 is 9.32 Å². The van der Waals surface area contributed by atoms with E-state index < -0.39 is 8.07 Å². The first-order valence-electron chi connectivity index (χ1n) is 20.9. The van der Waals surface area contributed by atoms with Crippen molar-refractivity contribution in [1.82, 2.24) is 0 Å². The van der Waals surface area contributed by atoms with Crippen molar-refractivity contribution in [2.45, 2.75) is 0 Å². The Kier molecular flexibility index (Phi) is 9.22. The minimum absolute atomic E-state index is 0.856. The van der Waals surface area contributed by atoms with Crippen molar-refractivity contribution in [2.75, 3.05) is 4.90 Å². The van der Waals surface area contributed by atoms with Gasteiger partial charge in [0.2, 0.25) is 0 Å². The Morgan fingerprint density at radius 3 is 1.34 bits per heavy atom. The third kappa shape index (κ3) is 6.26. The van der Waals surface area contributed by atoms with E-state index >= 15 is 0 Å². The highest BCUT2D eigenvalue weighted by atomic mass is 28.3. The predicted octanol–water partition coefficient (Wildman–Crippen LogP) is 12.9. The van der Waals surface area contributed by atoms with E-state index in [2.05, 4.69) is 254 Å². The third-order valence-corrected chi connectivity index (χ3v) is 17.0. The minimum Gasteiger partial charge on any atom is -0.453 e. The van der Waals surface area contributed by atoms with Gasteiger partial charge in [0.1, 0.15) is 5.58 Å². The number of rotatable bonds is 9. The van der Waals surface area contributed by atoms with E-state index in [-0.39, 0.29) is 0 Å². The second-order valence-corrected chi connectivity index (χ2v) is 19.4. The first-order valence-corrected chi connectivity index (χ1v) is 22.9. The Bertz CT molecular complexity index is 3160. The molecule has 10 aromatic carbocycles. The largest absolute Gasteiger partial charge is 0.453 e. The van der Waals surface area contributed by atoms with Gasteiger partial charge >= 0.3 is 0 Å². The number of hydrogen-bond acceptors (Lipinski definition) is 2. The maximum atomic E-state index is 7.21. The Morgan fingerprint density at radius 1 is 0.328 bits per heavy atom. The van der Waals surface area contributed by atoms with Gasteiger partial charge in [0.25, 0.3) is 0 Å². The second-order valence-electron chi connectivity index (χ2n) is 15.6. The summed E-state index contributed by atoms with van der Waals surface area (Å²) >= 11 is 0. The molecule has 0 unspecified atom stereocenters. The van der Waals surface area contributed by atoms with Gasteiger partial charge in [-0.1, -0.05) is 218 Å². The topological polar surface area (TPSA) is 16.4 Å². The average Bonchev–Trinajstić information content (AvgIpc) is 3.75. The summed E-state index contributed by atoms with van der Waals surface area (Å²) in [5.74, 6) is 0. The normalized spacial score (nSPS) is 11.6. The molecule has 0 spiro atoms. The Morgan fingerprint density at radius 2 is 0.770 bits per heavy atom. The molecule has 2 nitrogen and oxygen atoms in total. The van der Waals surface area contributed by atoms with Crippen LogP contribution in [0.5, 0.6) is 0 Å². The van der Waals surface area contributed by atoms with E-state index in [4.69, 9.17) is 4.42 Å². The quantitative estimate of drug-likeness (QED) is 0.107. The average molecular weight is 796 g/mol. The zero-order valence-corrected chi connectivity index (χ0v) is 34.5. The Hall–Kier alpha value is -7.72. The summed E-state index contributed by atoms with van der Waals surface area (Å²) in [5, 5.41) is 9.91. The number of furan rings is 1. The first kappa shape index (κ1) is 36.4. The van der Waals surface area contributed by atoms with Gasteiger partial charge in [-0.3, -0.25) is 0 Å². The number of fused-ring (bicyclic) bond motifs is 5. The van der Waals surface area contributed by atoms with Gasteiger partial charge in [-0.15, -0.1) is 0 Å². The van der Waals surface area contributed by atoms with Gasteiger partial charge in [-0.25, -0.2) is 0 Å². The molecule has 0 aliphatic rings. The molecular weight excluding hydrogens is 755 g/mol. The van der Waals surface area contributed by atoms with Crippen LogP contribution in [-0.4, -0.2) is 8.07 Å². The molecule has 0 amide bonds. The number of para-hydroxylation sites is 1. The highest BCUT2D eigenvalue weighted by molar-refractivity contribution is 7.19. The summed E-state index contributed by atoms with van der Waals surface area (Å²) in [4.78, 5) is 2.38. The summed E-state index contributed by atoms with van der Waals surface area (Å²) in [5.41, 5.74) is 9.40. The predicted molar refractivity (Wildman–Crippen MR) is 260 cm³/mol. The van der Waals surface area contributed by atoms with E-state index in [9.17, 15) is 0 Å². The number of hydrogen-bond donors (Lipinski definition) is 0.